The monoisotopic (exact) mass is 393 g/mol. The van der Waals surface area contributed by atoms with E-state index in [2.05, 4.69) is 34.4 Å². The van der Waals surface area contributed by atoms with E-state index in [9.17, 15) is 9.59 Å². The van der Waals surface area contributed by atoms with Gasteiger partial charge in [-0.25, -0.2) is 4.98 Å². The fourth-order valence-electron chi connectivity index (χ4n) is 3.12. The largest absolute Gasteiger partial charge is 0.351 e. The van der Waals surface area contributed by atoms with Gasteiger partial charge in [-0.2, -0.15) is 0 Å². The van der Waals surface area contributed by atoms with Crippen LogP contribution in [0.15, 0.2) is 54.9 Å². The van der Waals surface area contributed by atoms with E-state index in [1.165, 1.54) is 0 Å². The number of hydrogen-bond acceptors (Lipinski definition) is 4. The molecule has 3 rings (SSSR count). The summed E-state index contributed by atoms with van der Waals surface area (Å²) < 4.78 is 1.89. The summed E-state index contributed by atoms with van der Waals surface area (Å²) in [5.74, 6) is -0.260. The lowest BCUT2D eigenvalue weighted by Gasteiger charge is -2.17. The molecule has 0 unspecified atom stereocenters. The van der Waals surface area contributed by atoms with Crippen molar-refractivity contribution in [2.45, 2.75) is 20.3 Å². The van der Waals surface area contributed by atoms with Gasteiger partial charge >= 0.3 is 0 Å². The zero-order valence-corrected chi connectivity index (χ0v) is 16.9. The van der Waals surface area contributed by atoms with Crippen molar-refractivity contribution >= 4 is 23.1 Å². The van der Waals surface area contributed by atoms with Crippen molar-refractivity contribution in [3.05, 3.63) is 66.1 Å². The first-order chi connectivity index (χ1) is 14.1. The van der Waals surface area contributed by atoms with Gasteiger partial charge in [-0.3, -0.25) is 9.59 Å². The fraction of sp³-hybridized carbons (Fsp3) is 0.318. The third kappa shape index (κ3) is 5.65. The molecule has 0 radical (unpaired) electrons. The molecule has 0 spiro atoms. The molecular formula is C22H27N5O2. The summed E-state index contributed by atoms with van der Waals surface area (Å²) in [5.41, 5.74) is 2.74. The standard InChI is InChI=1S/C22H27N5O2/c1-3-26(4-2)14-12-23-22(29)17-8-10-18(11-9-17)25-21(28)15-19-16-27-13-6-5-7-20(27)24-19/h5-11,13,16H,3-4,12,14-15H2,1-2H3,(H,23,29)(H,25,28). The number of imidazole rings is 1. The Morgan fingerprint density at radius 3 is 2.52 bits per heavy atom. The normalized spacial score (nSPS) is 11.0. The molecule has 0 fully saturated rings. The van der Waals surface area contributed by atoms with Crippen LogP contribution in [0.5, 0.6) is 0 Å². The number of carbonyl (C=O) groups excluding carboxylic acids is 2. The van der Waals surface area contributed by atoms with Crippen molar-refractivity contribution in [1.82, 2.24) is 19.6 Å². The summed E-state index contributed by atoms with van der Waals surface area (Å²) in [6.07, 6.45) is 3.94. The number of likely N-dealkylation sites (N-methyl/N-ethyl adjacent to an activating group) is 1. The number of aromatic nitrogens is 2. The molecule has 0 aliphatic rings. The fourth-order valence-corrected chi connectivity index (χ4v) is 3.12. The van der Waals surface area contributed by atoms with Crippen LogP contribution in [0.2, 0.25) is 0 Å². The highest BCUT2D eigenvalue weighted by Gasteiger charge is 2.10. The quantitative estimate of drug-likeness (QED) is 0.586. The molecule has 0 atom stereocenters. The van der Waals surface area contributed by atoms with Gasteiger partial charge in [0, 0.05) is 36.7 Å². The van der Waals surface area contributed by atoms with Crippen LogP contribution < -0.4 is 10.6 Å². The lowest BCUT2D eigenvalue weighted by atomic mass is 10.2. The maximum atomic E-state index is 12.3. The minimum atomic E-state index is -0.148. The van der Waals surface area contributed by atoms with Crippen LogP contribution >= 0.6 is 0 Å². The number of benzene rings is 1. The summed E-state index contributed by atoms with van der Waals surface area (Å²) in [7, 11) is 0. The second-order valence-corrected chi connectivity index (χ2v) is 6.78. The highest BCUT2D eigenvalue weighted by molar-refractivity contribution is 5.96. The number of fused-ring (bicyclic) bond motifs is 1. The summed E-state index contributed by atoms with van der Waals surface area (Å²) in [5, 5.41) is 5.77. The van der Waals surface area contributed by atoms with E-state index in [0.717, 1.165) is 25.3 Å². The van der Waals surface area contributed by atoms with Crippen LogP contribution in [0, 0.1) is 0 Å². The van der Waals surface area contributed by atoms with Gasteiger partial charge < -0.3 is 19.9 Å². The molecule has 0 saturated heterocycles. The molecule has 0 aliphatic heterocycles. The van der Waals surface area contributed by atoms with Gasteiger partial charge in [0.05, 0.1) is 12.1 Å². The number of rotatable bonds is 9. The topological polar surface area (TPSA) is 78.7 Å². The molecule has 0 aliphatic carbocycles. The molecule has 29 heavy (non-hydrogen) atoms. The van der Waals surface area contributed by atoms with E-state index in [1.807, 2.05) is 35.0 Å². The van der Waals surface area contributed by atoms with Gasteiger partial charge in [0.1, 0.15) is 5.65 Å². The Bertz CT molecular complexity index is 928. The minimum Gasteiger partial charge on any atom is -0.351 e. The van der Waals surface area contributed by atoms with Crippen LogP contribution in [0.1, 0.15) is 29.9 Å². The molecular weight excluding hydrogens is 366 g/mol. The third-order valence-corrected chi connectivity index (χ3v) is 4.79. The van der Waals surface area contributed by atoms with Gasteiger partial charge in [0.15, 0.2) is 0 Å². The Balaban J connectivity index is 1.50. The number of hydrogen-bond donors (Lipinski definition) is 2. The highest BCUT2D eigenvalue weighted by Crippen LogP contribution is 2.11. The number of amides is 2. The zero-order chi connectivity index (χ0) is 20.6. The first kappa shape index (κ1) is 20.5. The molecule has 2 heterocycles. The van der Waals surface area contributed by atoms with Crippen molar-refractivity contribution in [1.29, 1.82) is 0 Å². The Morgan fingerprint density at radius 2 is 1.83 bits per heavy atom. The lowest BCUT2D eigenvalue weighted by Crippen LogP contribution is -2.34. The van der Waals surface area contributed by atoms with Gasteiger partial charge in [0.2, 0.25) is 5.91 Å². The molecule has 7 heteroatoms. The van der Waals surface area contributed by atoms with Gasteiger partial charge in [0.25, 0.3) is 5.91 Å². The predicted molar refractivity (Wildman–Crippen MR) is 114 cm³/mol. The molecule has 2 amide bonds. The second-order valence-electron chi connectivity index (χ2n) is 6.78. The number of carbonyl (C=O) groups is 2. The zero-order valence-electron chi connectivity index (χ0n) is 16.9. The number of pyridine rings is 1. The predicted octanol–water partition coefficient (Wildman–Crippen LogP) is 2.59. The van der Waals surface area contributed by atoms with Gasteiger partial charge in [-0.05, 0) is 49.5 Å². The first-order valence-electron chi connectivity index (χ1n) is 9.92. The van der Waals surface area contributed by atoms with E-state index >= 15 is 0 Å². The van der Waals surface area contributed by atoms with Crippen LogP contribution in [0.4, 0.5) is 5.69 Å². The maximum absolute atomic E-state index is 12.3. The number of nitrogens with one attached hydrogen (secondary N) is 2. The summed E-state index contributed by atoms with van der Waals surface area (Å²) in [6.45, 7) is 7.58. The van der Waals surface area contributed by atoms with Crippen LogP contribution in [0.25, 0.3) is 5.65 Å². The molecule has 1 aromatic carbocycles. The molecule has 7 nitrogen and oxygen atoms in total. The molecule has 2 aromatic heterocycles. The number of nitrogens with zero attached hydrogens (tertiary/aromatic N) is 3. The highest BCUT2D eigenvalue weighted by atomic mass is 16.2. The molecule has 152 valence electrons. The average molecular weight is 393 g/mol. The van der Waals surface area contributed by atoms with Crippen molar-refractivity contribution in [3.63, 3.8) is 0 Å². The van der Waals surface area contributed by atoms with E-state index in [-0.39, 0.29) is 18.2 Å². The molecule has 3 aromatic rings. The number of anilines is 1. The average Bonchev–Trinajstić information content (AvgIpc) is 3.13. The smallest absolute Gasteiger partial charge is 0.251 e. The minimum absolute atomic E-state index is 0.111. The van der Waals surface area contributed by atoms with Gasteiger partial charge in [-0.15, -0.1) is 0 Å². The van der Waals surface area contributed by atoms with Crippen LogP contribution in [-0.2, 0) is 11.2 Å². The summed E-state index contributed by atoms with van der Waals surface area (Å²) >= 11 is 0. The Hall–Kier alpha value is -3.19. The van der Waals surface area contributed by atoms with Crippen molar-refractivity contribution < 1.29 is 9.59 Å². The van der Waals surface area contributed by atoms with Gasteiger partial charge in [-0.1, -0.05) is 19.9 Å². The molecule has 2 N–H and O–H groups in total. The first-order valence-corrected chi connectivity index (χ1v) is 9.92. The second kappa shape index (κ2) is 9.84. The van der Waals surface area contributed by atoms with Crippen molar-refractivity contribution in [3.8, 4) is 0 Å². The summed E-state index contributed by atoms with van der Waals surface area (Å²) in [4.78, 5) is 31.2. The van der Waals surface area contributed by atoms with E-state index in [1.54, 1.807) is 24.3 Å². The Labute approximate surface area is 170 Å². The van der Waals surface area contributed by atoms with E-state index < -0.39 is 0 Å². The van der Waals surface area contributed by atoms with Crippen molar-refractivity contribution in [2.24, 2.45) is 0 Å². The lowest BCUT2D eigenvalue weighted by molar-refractivity contribution is -0.115. The SMILES string of the molecule is CCN(CC)CCNC(=O)c1ccc(NC(=O)Cc2cn3ccccc3n2)cc1. The Morgan fingerprint density at radius 1 is 1.07 bits per heavy atom. The van der Waals surface area contributed by atoms with Crippen LogP contribution in [-0.4, -0.2) is 52.3 Å². The molecule has 0 saturated carbocycles. The van der Waals surface area contributed by atoms with Crippen LogP contribution in [0.3, 0.4) is 0 Å². The van der Waals surface area contributed by atoms with E-state index in [0.29, 0.717) is 23.5 Å². The van der Waals surface area contributed by atoms with Crippen molar-refractivity contribution in [2.75, 3.05) is 31.5 Å². The summed E-state index contributed by atoms with van der Waals surface area (Å²) in [6, 6.07) is 12.6. The molecule has 0 bridgehead atoms. The van der Waals surface area contributed by atoms with E-state index in [4.69, 9.17) is 0 Å². The Kier molecular flexibility index (Phi) is 6.97. The maximum Gasteiger partial charge on any atom is 0.251 e. The third-order valence-electron chi connectivity index (χ3n) is 4.79.